The quantitative estimate of drug-likeness (QED) is 0.0243. The smallest absolute Gasteiger partial charge is 0.391 e. The zero-order valence-electron chi connectivity index (χ0n) is 47.5. The monoisotopic (exact) mass is 1010 g/mol. The molecule has 8 nitrogen and oxygen atoms in total. The van der Waals surface area contributed by atoms with Crippen molar-refractivity contribution in [1.82, 2.24) is 5.32 Å². The largest absolute Gasteiger partial charge is 0.472 e. The van der Waals surface area contributed by atoms with Gasteiger partial charge in [-0.25, -0.2) is 4.57 Å². The predicted molar refractivity (Wildman–Crippen MR) is 305 cm³/mol. The summed E-state index contributed by atoms with van der Waals surface area (Å²) in [7, 11) is 1.62. The van der Waals surface area contributed by atoms with E-state index >= 15 is 0 Å². The fraction of sp³-hybridized carbons (Fsp3) is 0.918. The van der Waals surface area contributed by atoms with Gasteiger partial charge >= 0.3 is 7.82 Å². The Bertz CT molecular complexity index is 1190. The van der Waals surface area contributed by atoms with Gasteiger partial charge in [0.15, 0.2) is 0 Å². The molecule has 0 aromatic heterocycles. The van der Waals surface area contributed by atoms with Gasteiger partial charge in [-0.15, -0.1) is 0 Å². The van der Waals surface area contributed by atoms with Gasteiger partial charge in [-0.1, -0.05) is 282 Å². The number of aliphatic hydroxyl groups is 1. The zero-order chi connectivity index (χ0) is 51.3. The Labute approximate surface area is 436 Å². The second kappa shape index (κ2) is 52.8. The third-order valence-corrected chi connectivity index (χ3v) is 15.2. The van der Waals surface area contributed by atoms with Crippen molar-refractivity contribution in [2.24, 2.45) is 0 Å². The van der Waals surface area contributed by atoms with Crippen LogP contribution < -0.4 is 5.32 Å². The van der Waals surface area contributed by atoms with Crippen LogP contribution in [-0.2, 0) is 18.4 Å². The molecule has 3 atom stereocenters. The molecule has 0 saturated heterocycles. The molecule has 416 valence electrons. The third kappa shape index (κ3) is 54.7. The molecule has 0 saturated carbocycles. The molecule has 0 aliphatic heterocycles. The lowest BCUT2D eigenvalue weighted by Crippen LogP contribution is -2.46. The molecule has 0 aliphatic carbocycles. The Morgan fingerprint density at radius 1 is 0.486 bits per heavy atom. The summed E-state index contributed by atoms with van der Waals surface area (Å²) in [5.41, 5.74) is 0. The van der Waals surface area contributed by atoms with Crippen molar-refractivity contribution < 1.29 is 32.9 Å². The number of carbonyl (C=O) groups is 1. The van der Waals surface area contributed by atoms with E-state index in [1.165, 1.54) is 238 Å². The number of rotatable bonds is 57. The fourth-order valence-corrected chi connectivity index (χ4v) is 10.1. The van der Waals surface area contributed by atoms with Crippen molar-refractivity contribution in [1.29, 1.82) is 0 Å². The molecule has 9 heteroatoms. The van der Waals surface area contributed by atoms with Gasteiger partial charge in [0.05, 0.1) is 39.9 Å². The number of allylic oxidation sites excluding steroid dienone is 4. The minimum Gasteiger partial charge on any atom is -0.391 e. The van der Waals surface area contributed by atoms with Gasteiger partial charge in [0.2, 0.25) is 5.91 Å². The second-order valence-electron chi connectivity index (χ2n) is 22.4. The number of hydrogen-bond donors (Lipinski definition) is 3. The van der Waals surface area contributed by atoms with Crippen molar-refractivity contribution in [2.45, 2.75) is 321 Å². The molecule has 1 amide bonds. The molecule has 0 aromatic carbocycles. The number of likely N-dealkylation sites (N-methyl/N-ethyl adjacent to an activating group) is 1. The van der Waals surface area contributed by atoms with Crippen molar-refractivity contribution in [3.05, 3.63) is 24.3 Å². The van der Waals surface area contributed by atoms with Gasteiger partial charge in [-0.05, 0) is 44.9 Å². The van der Waals surface area contributed by atoms with Crippen LogP contribution >= 0.6 is 7.82 Å². The summed E-state index contributed by atoms with van der Waals surface area (Å²) in [6.45, 7) is 4.93. The molecule has 0 rings (SSSR count). The first-order valence-electron chi connectivity index (χ1n) is 30.7. The number of amides is 1. The van der Waals surface area contributed by atoms with E-state index in [1.54, 1.807) is 0 Å². The number of phosphoric ester groups is 1. The number of nitrogens with zero attached hydrogens (tertiary/aromatic N) is 1. The van der Waals surface area contributed by atoms with E-state index in [9.17, 15) is 19.4 Å². The van der Waals surface area contributed by atoms with Crippen LogP contribution in [0.15, 0.2) is 24.3 Å². The molecule has 0 aliphatic rings. The summed E-state index contributed by atoms with van der Waals surface area (Å²) in [5, 5.41) is 14.1. The highest BCUT2D eigenvalue weighted by molar-refractivity contribution is 7.47. The van der Waals surface area contributed by atoms with E-state index in [0.29, 0.717) is 23.9 Å². The van der Waals surface area contributed by atoms with Gasteiger partial charge in [0.25, 0.3) is 0 Å². The summed E-state index contributed by atoms with van der Waals surface area (Å²) in [6.07, 6.45) is 66.7. The highest BCUT2D eigenvalue weighted by atomic mass is 31.2. The summed E-state index contributed by atoms with van der Waals surface area (Å²) >= 11 is 0. The van der Waals surface area contributed by atoms with E-state index in [-0.39, 0.29) is 19.1 Å². The molecule has 0 heterocycles. The average Bonchev–Trinajstić information content (AvgIpc) is 3.32. The van der Waals surface area contributed by atoms with E-state index < -0.39 is 20.0 Å². The van der Waals surface area contributed by atoms with Crippen LogP contribution in [0, 0.1) is 0 Å². The molecule has 0 bridgehead atoms. The highest BCUT2D eigenvalue weighted by Crippen LogP contribution is 2.43. The maximum absolute atomic E-state index is 13.0. The van der Waals surface area contributed by atoms with Gasteiger partial charge in [-0.3, -0.25) is 13.8 Å². The van der Waals surface area contributed by atoms with Crippen molar-refractivity contribution >= 4 is 13.7 Å². The maximum atomic E-state index is 13.0. The van der Waals surface area contributed by atoms with Crippen molar-refractivity contribution in [3.63, 3.8) is 0 Å². The number of hydrogen-bond acceptors (Lipinski definition) is 5. The molecular formula is C61H122N2O6P+. The Morgan fingerprint density at radius 2 is 0.814 bits per heavy atom. The normalized spacial score (nSPS) is 14.0. The van der Waals surface area contributed by atoms with E-state index in [4.69, 9.17) is 9.05 Å². The lowest BCUT2D eigenvalue weighted by molar-refractivity contribution is -0.870. The first kappa shape index (κ1) is 69.0. The van der Waals surface area contributed by atoms with Crippen molar-refractivity contribution in [3.8, 4) is 0 Å². The topological polar surface area (TPSA) is 105 Å². The molecular weight excluding hydrogens is 888 g/mol. The standard InChI is InChI=1S/C61H121N2O6P/c1-6-8-10-12-14-16-18-20-22-24-26-28-30-31-33-35-37-39-41-43-45-47-49-51-53-55-61(65)62-59(58-69-70(66,67)68-57-56-63(3,4)5)60(64)54-52-50-48-46-44-42-40-38-36-34-32-29-27-25-23-21-19-17-15-13-11-9-7-2/h26,28,31,33,59-60,64H,6-25,27,29-30,32,34-58H2,1-5H3,(H-,62,65,66,67)/p+1/b28-26-,33-31-. The molecule has 0 fully saturated rings. The Balaban J connectivity index is 4.13. The van der Waals surface area contributed by atoms with Crippen LogP contribution in [0.2, 0.25) is 0 Å². The maximum Gasteiger partial charge on any atom is 0.472 e. The summed E-state index contributed by atoms with van der Waals surface area (Å²) in [4.78, 5) is 23.4. The van der Waals surface area contributed by atoms with E-state index in [2.05, 4.69) is 43.5 Å². The summed E-state index contributed by atoms with van der Waals surface area (Å²) < 4.78 is 23.8. The van der Waals surface area contributed by atoms with Crippen LogP contribution in [0.1, 0.15) is 309 Å². The van der Waals surface area contributed by atoms with Crippen LogP contribution in [0.4, 0.5) is 0 Å². The summed E-state index contributed by atoms with van der Waals surface area (Å²) in [5.74, 6) is -0.144. The SMILES string of the molecule is CCCCCCCCCCC/C=C\C/C=C\CCCCCCCCCCCC(=O)NC(COP(=O)(O)OCC[N+](C)(C)C)C(O)CCCCCCCCCCCCCCCCCCCCCCCCC. The first-order chi connectivity index (χ1) is 34.0. The molecule has 0 radical (unpaired) electrons. The average molecular weight is 1010 g/mol. The van der Waals surface area contributed by atoms with Crippen LogP contribution in [0.3, 0.4) is 0 Å². The minimum absolute atomic E-state index is 0.0751. The Hall–Kier alpha value is -1.02. The minimum atomic E-state index is -4.33. The third-order valence-electron chi connectivity index (χ3n) is 14.2. The number of phosphoric acid groups is 1. The first-order valence-corrected chi connectivity index (χ1v) is 32.2. The van der Waals surface area contributed by atoms with Gasteiger partial charge < -0.3 is 19.8 Å². The number of unbranched alkanes of at least 4 members (excludes halogenated alkanes) is 40. The van der Waals surface area contributed by atoms with Crippen molar-refractivity contribution in [2.75, 3.05) is 40.9 Å². The van der Waals surface area contributed by atoms with E-state index in [1.807, 2.05) is 21.1 Å². The second-order valence-corrected chi connectivity index (χ2v) is 23.9. The zero-order valence-corrected chi connectivity index (χ0v) is 48.4. The van der Waals surface area contributed by atoms with Crippen LogP contribution in [0.5, 0.6) is 0 Å². The highest BCUT2D eigenvalue weighted by Gasteiger charge is 2.28. The molecule has 0 spiro atoms. The molecule has 3 unspecified atom stereocenters. The van der Waals surface area contributed by atoms with E-state index in [0.717, 1.165) is 44.9 Å². The van der Waals surface area contributed by atoms with Crippen LogP contribution in [0.25, 0.3) is 0 Å². The Morgan fingerprint density at radius 3 is 1.17 bits per heavy atom. The predicted octanol–water partition coefficient (Wildman–Crippen LogP) is 18.8. The number of carbonyl (C=O) groups excluding carboxylic acids is 1. The number of aliphatic hydroxyl groups excluding tert-OH is 1. The van der Waals surface area contributed by atoms with Crippen LogP contribution in [-0.4, -0.2) is 73.4 Å². The summed E-state index contributed by atoms with van der Waals surface area (Å²) in [6, 6.07) is -0.763. The lowest BCUT2D eigenvalue weighted by atomic mass is 10.0. The number of nitrogens with one attached hydrogen (secondary N) is 1. The Kier molecular flexibility index (Phi) is 52.1. The van der Waals surface area contributed by atoms with Gasteiger partial charge in [-0.2, -0.15) is 0 Å². The van der Waals surface area contributed by atoms with Gasteiger partial charge in [0, 0.05) is 6.42 Å². The lowest BCUT2D eigenvalue weighted by Gasteiger charge is -2.26. The fourth-order valence-electron chi connectivity index (χ4n) is 9.37. The molecule has 0 aromatic rings. The van der Waals surface area contributed by atoms with Gasteiger partial charge in [0.1, 0.15) is 13.2 Å². The molecule has 3 N–H and O–H groups in total. The number of quaternary nitrogens is 1. The molecule has 70 heavy (non-hydrogen) atoms.